The molecule has 1 unspecified atom stereocenters. The SMILES string of the molecule is CCOC1(OCC)CC(c2ccc(Cl)cc2)c2c(n(C)c(=O)n(C)c2=O)O1. The third kappa shape index (κ3) is 3.42. The maximum absolute atomic E-state index is 12.9. The van der Waals surface area contributed by atoms with E-state index in [4.69, 9.17) is 25.8 Å². The Kier molecular flexibility index (Phi) is 5.46. The van der Waals surface area contributed by atoms with E-state index < -0.39 is 17.2 Å². The van der Waals surface area contributed by atoms with Gasteiger partial charge in [0.1, 0.15) is 0 Å². The van der Waals surface area contributed by atoms with Gasteiger partial charge in [-0.15, -0.1) is 0 Å². The van der Waals surface area contributed by atoms with E-state index in [1.54, 1.807) is 19.2 Å². The van der Waals surface area contributed by atoms with Gasteiger partial charge in [0.2, 0.25) is 5.88 Å². The van der Waals surface area contributed by atoms with Crippen LogP contribution in [0.3, 0.4) is 0 Å². The van der Waals surface area contributed by atoms with E-state index in [0.717, 1.165) is 10.1 Å². The molecule has 0 saturated heterocycles. The number of hydrogen-bond donors (Lipinski definition) is 0. The van der Waals surface area contributed by atoms with E-state index >= 15 is 0 Å². The lowest BCUT2D eigenvalue weighted by molar-refractivity contribution is -0.351. The van der Waals surface area contributed by atoms with E-state index in [2.05, 4.69) is 0 Å². The molecule has 1 aromatic carbocycles. The first-order valence-corrected chi connectivity index (χ1v) is 9.23. The number of rotatable bonds is 5. The summed E-state index contributed by atoms with van der Waals surface area (Å²) in [6.07, 6.45) is 0.275. The first-order chi connectivity index (χ1) is 12.8. The molecule has 1 atom stereocenters. The molecule has 8 heteroatoms. The van der Waals surface area contributed by atoms with E-state index in [1.807, 2.05) is 26.0 Å². The largest absolute Gasteiger partial charge is 0.422 e. The van der Waals surface area contributed by atoms with Gasteiger partial charge in [-0.2, -0.15) is 0 Å². The molecule has 0 spiro atoms. The van der Waals surface area contributed by atoms with Gasteiger partial charge in [0.05, 0.1) is 25.2 Å². The third-order valence-electron chi connectivity index (χ3n) is 4.70. The average molecular weight is 395 g/mol. The molecule has 1 aliphatic rings. The fraction of sp³-hybridized carbons (Fsp3) is 0.474. The van der Waals surface area contributed by atoms with Crippen LogP contribution in [0.2, 0.25) is 5.02 Å². The summed E-state index contributed by atoms with van der Waals surface area (Å²) in [4.78, 5) is 25.3. The smallest absolute Gasteiger partial charge is 0.333 e. The van der Waals surface area contributed by atoms with Gasteiger partial charge in [-0.25, -0.2) is 4.79 Å². The zero-order valence-corrected chi connectivity index (χ0v) is 16.6. The molecule has 0 bridgehead atoms. The van der Waals surface area contributed by atoms with E-state index in [1.165, 1.54) is 11.6 Å². The molecule has 1 aromatic heterocycles. The second kappa shape index (κ2) is 7.50. The van der Waals surface area contributed by atoms with Crippen molar-refractivity contribution in [1.82, 2.24) is 9.13 Å². The molecule has 0 N–H and O–H groups in total. The van der Waals surface area contributed by atoms with Crippen molar-refractivity contribution in [1.29, 1.82) is 0 Å². The van der Waals surface area contributed by atoms with Crippen molar-refractivity contribution in [3.05, 3.63) is 61.3 Å². The Bertz CT molecular complexity index is 942. The lowest BCUT2D eigenvalue weighted by Crippen LogP contribution is -2.51. The van der Waals surface area contributed by atoms with Crippen molar-refractivity contribution in [3.63, 3.8) is 0 Å². The van der Waals surface area contributed by atoms with Gasteiger partial charge in [-0.1, -0.05) is 23.7 Å². The molecular weight excluding hydrogens is 372 g/mol. The molecule has 3 rings (SSSR count). The Morgan fingerprint density at radius 2 is 1.70 bits per heavy atom. The van der Waals surface area contributed by atoms with Crippen LogP contribution >= 0.6 is 11.6 Å². The average Bonchev–Trinajstić information content (AvgIpc) is 2.65. The highest BCUT2D eigenvalue weighted by Gasteiger charge is 2.46. The van der Waals surface area contributed by atoms with Crippen LogP contribution in [0, 0.1) is 0 Å². The minimum Gasteiger partial charge on any atom is -0.422 e. The van der Waals surface area contributed by atoms with E-state index in [0.29, 0.717) is 23.8 Å². The summed E-state index contributed by atoms with van der Waals surface area (Å²) in [5, 5.41) is 0.597. The van der Waals surface area contributed by atoms with E-state index in [9.17, 15) is 9.59 Å². The number of ether oxygens (including phenoxy) is 3. The third-order valence-corrected chi connectivity index (χ3v) is 4.95. The maximum Gasteiger partial charge on any atom is 0.333 e. The topological polar surface area (TPSA) is 71.7 Å². The number of aromatic nitrogens is 2. The molecule has 0 fully saturated rings. The van der Waals surface area contributed by atoms with Crippen molar-refractivity contribution < 1.29 is 14.2 Å². The van der Waals surface area contributed by atoms with Crippen molar-refractivity contribution >= 4 is 11.6 Å². The van der Waals surface area contributed by atoms with Gasteiger partial charge in [-0.3, -0.25) is 13.9 Å². The van der Waals surface area contributed by atoms with Gasteiger partial charge in [-0.05, 0) is 31.5 Å². The lowest BCUT2D eigenvalue weighted by Gasteiger charge is -2.40. The quantitative estimate of drug-likeness (QED) is 0.728. The molecular formula is C19H23ClN2O5. The number of nitrogens with zero attached hydrogens (tertiary/aromatic N) is 2. The number of hydrogen-bond acceptors (Lipinski definition) is 5. The summed E-state index contributed by atoms with van der Waals surface area (Å²) in [5.41, 5.74) is 0.396. The van der Waals surface area contributed by atoms with Crippen molar-refractivity contribution in [3.8, 4) is 5.88 Å². The molecule has 7 nitrogen and oxygen atoms in total. The first kappa shape index (κ1) is 19.7. The summed E-state index contributed by atoms with van der Waals surface area (Å²) >= 11 is 6.02. The fourth-order valence-corrected chi connectivity index (χ4v) is 3.58. The van der Waals surface area contributed by atoms with Crippen LogP contribution in [0.1, 0.15) is 37.3 Å². The lowest BCUT2D eigenvalue weighted by atomic mass is 9.87. The van der Waals surface area contributed by atoms with Crippen LogP contribution in [-0.4, -0.2) is 28.3 Å². The standard InChI is InChI=1S/C19H23ClN2O5/c1-5-25-19(26-6-2)11-14(12-7-9-13(20)10-8-12)15-16(23)21(3)18(24)22(4)17(15)27-19/h7-10,14H,5-6,11H2,1-4H3. The summed E-state index contributed by atoms with van der Waals surface area (Å²) in [6.45, 7) is 4.36. The van der Waals surface area contributed by atoms with Crippen molar-refractivity contribution in [2.75, 3.05) is 13.2 Å². The van der Waals surface area contributed by atoms with Crippen LogP contribution in [0.15, 0.2) is 33.9 Å². The predicted molar refractivity (Wildman–Crippen MR) is 101 cm³/mol. The van der Waals surface area contributed by atoms with Gasteiger partial charge in [0, 0.05) is 25.0 Å². The Labute approximate surface area is 162 Å². The minimum absolute atomic E-state index is 0.163. The second-order valence-corrected chi connectivity index (χ2v) is 6.82. The first-order valence-electron chi connectivity index (χ1n) is 8.85. The summed E-state index contributed by atoms with van der Waals surface area (Å²) in [6, 6.07) is 7.24. The Balaban J connectivity index is 2.28. The highest BCUT2D eigenvalue weighted by Crippen LogP contribution is 2.43. The van der Waals surface area contributed by atoms with Crippen LogP contribution < -0.4 is 16.0 Å². The molecule has 0 radical (unpaired) electrons. The van der Waals surface area contributed by atoms with Crippen LogP contribution in [-0.2, 0) is 23.6 Å². The molecule has 2 heterocycles. The molecule has 27 heavy (non-hydrogen) atoms. The molecule has 2 aromatic rings. The van der Waals surface area contributed by atoms with Crippen molar-refractivity contribution in [2.45, 2.75) is 32.2 Å². The summed E-state index contributed by atoms with van der Waals surface area (Å²) < 4.78 is 20.0. The zero-order chi connectivity index (χ0) is 19.8. The van der Waals surface area contributed by atoms with Gasteiger partial charge in [0.25, 0.3) is 5.56 Å². The van der Waals surface area contributed by atoms with E-state index in [-0.39, 0.29) is 18.2 Å². The second-order valence-electron chi connectivity index (χ2n) is 6.38. The predicted octanol–water partition coefficient (Wildman–Crippen LogP) is 2.38. The number of halogens is 1. The summed E-state index contributed by atoms with van der Waals surface area (Å²) in [5.74, 6) is -1.59. The Morgan fingerprint density at radius 3 is 2.26 bits per heavy atom. The maximum atomic E-state index is 12.9. The highest BCUT2D eigenvalue weighted by molar-refractivity contribution is 6.30. The monoisotopic (exact) mass is 394 g/mol. The van der Waals surface area contributed by atoms with Gasteiger partial charge in [0.15, 0.2) is 0 Å². The molecule has 0 aliphatic carbocycles. The number of fused-ring (bicyclic) bond motifs is 1. The minimum atomic E-state index is -1.38. The van der Waals surface area contributed by atoms with Crippen LogP contribution in [0.25, 0.3) is 0 Å². The van der Waals surface area contributed by atoms with Gasteiger partial charge < -0.3 is 14.2 Å². The highest BCUT2D eigenvalue weighted by atomic mass is 35.5. The fourth-order valence-electron chi connectivity index (χ4n) is 3.45. The van der Waals surface area contributed by atoms with Gasteiger partial charge >= 0.3 is 11.7 Å². The van der Waals surface area contributed by atoms with Crippen molar-refractivity contribution in [2.24, 2.45) is 14.1 Å². The Morgan fingerprint density at radius 1 is 1.11 bits per heavy atom. The normalized spacial score (nSPS) is 18.0. The zero-order valence-electron chi connectivity index (χ0n) is 15.8. The Hall–Kier alpha value is -2.09. The molecule has 1 aliphatic heterocycles. The molecule has 146 valence electrons. The molecule has 0 amide bonds. The number of benzene rings is 1. The summed E-state index contributed by atoms with van der Waals surface area (Å²) in [7, 11) is 3.02. The van der Waals surface area contributed by atoms with Crippen LogP contribution in [0.4, 0.5) is 0 Å². The van der Waals surface area contributed by atoms with Crippen LogP contribution in [0.5, 0.6) is 5.88 Å². The molecule has 0 saturated carbocycles.